The third-order valence-electron chi connectivity index (χ3n) is 4.61. The Kier molecular flexibility index (Phi) is 6.03. The van der Waals surface area contributed by atoms with Crippen LogP contribution in [-0.2, 0) is 14.3 Å². The first kappa shape index (κ1) is 20.6. The Bertz CT molecular complexity index is 1010. The number of amides is 1. The Morgan fingerprint density at radius 3 is 2.72 bits per heavy atom. The number of nitro benzene ring substituents is 1. The number of aromatic nitrogens is 1. The Morgan fingerprint density at radius 2 is 2.07 bits per heavy atom. The molecule has 0 unspecified atom stereocenters. The van der Waals surface area contributed by atoms with Gasteiger partial charge in [-0.2, -0.15) is 0 Å². The molecule has 1 N–H and O–H groups in total. The lowest BCUT2D eigenvalue weighted by atomic mass is 10.2. The van der Waals surface area contributed by atoms with E-state index in [1.165, 1.54) is 37.1 Å². The molecule has 1 heterocycles. The average Bonchev–Trinajstić information content (AvgIpc) is 3.43. The topological polar surface area (TPSA) is 103 Å². The van der Waals surface area contributed by atoms with Crippen LogP contribution in [0.1, 0.15) is 35.8 Å². The summed E-state index contributed by atoms with van der Waals surface area (Å²) in [7, 11) is 0. The number of carbonyl (C=O) groups is 2. The molecule has 29 heavy (non-hydrogen) atoms. The molecule has 1 amide bonds. The van der Waals surface area contributed by atoms with Crippen molar-refractivity contribution in [1.29, 1.82) is 0 Å². The smallest absolute Gasteiger partial charge is 0.331 e. The van der Waals surface area contributed by atoms with E-state index in [2.05, 4.69) is 9.88 Å². The summed E-state index contributed by atoms with van der Waals surface area (Å²) in [5.74, 6) is -1.39. The van der Waals surface area contributed by atoms with Crippen molar-refractivity contribution in [2.45, 2.75) is 32.7 Å². The predicted molar refractivity (Wildman–Crippen MR) is 109 cm³/mol. The molecular formula is C20H20ClN3O5. The van der Waals surface area contributed by atoms with Gasteiger partial charge in [0.1, 0.15) is 5.69 Å². The van der Waals surface area contributed by atoms with Crippen LogP contribution in [0.3, 0.4) is 0 Å². The van der Waals surface area contributed by atoms with Gasteiger partial charge >= 0.3 is 5.97 Å². The fourth-order valence-corrected chi connectivity index (χ4v) is 3.33. The molecule has 1 saturated carbocycles. The maximum Gasteiger partial charge on any atom is 0.331 e. The van der Waals surface area contributed by atoms with E-state index in [9.17, 15) is 19.7 Å². The molecule has 1 aliphatic carbocycles. The lowest BCUT2D eigenvalue weighted by Crippen LogP contribution is -2.20. The summed E-state index contributed by atoms with van der Waals surface area (Å²) >= 11 is 5.81. The second-order valence-electron chi connectivity index (χ2n) is 6.84. The van der Waals surface area contributed by atoms with Crippen LogP contribution in [0.2, 0.25) is 5.02 Å². The maximum atomic E-state index is 12.0. The number of anilines is 1. The minimum Gasteiger partial charge on any atom is -0.452 e. The van der Waals surface area contributed by atoms with Crippen LogP contribution in [0.25, 0.3) is 6.08 Å². The second-order valence-corrected chi connectivity index (χ2v) is 7.27. The van der Waals surface area contributed by atoms with Crippen molar-refractivity contribution in [2.75, 3.05) is 11.9 Å². The Hall–Kier alpha value is -3.13. The molecule has 0 aliphatic heterocycles. The molecule has 1 aliphatic rings. The van der Waals surface area contributed by atoms with E-state index in [-0.39, 0.29) is 16.4 Å². The van der Waals surface area contributed by atoms with Crippen molar-refractivity contribution < 1.29 is 19.2 Å². The number of aryl methyl sites for hydroxylation is 1. The monoisotopic (exact) mass is 417 g/mol. The SMILES string of the molecule is Cc1cc(/C=C/C(=O)OCC(=O)Nc2cc(Cl)ccc2[N+](=O)[O-])c(C)n1C1CC1. The van der Waals surface area contributed by atoms with Crippen molar-refractivity contribution in [3.05, 3.63) is 62.4 Å². The maximum absolute atomic E-state index is 12.0. The van der Waals surface area contributed by atoms with Gasteiger partial charge < -0.3 is 14.6 Å². The number of hydrogen-bond donors (Lipinski definition) is 1. The first-order chi connectivity index (χ1) is 13.8. The van der Waals surface area contributed by atoms with Crippen molar-refractivity contribution >= 4 is 40.9 Å². The number of esters is 1. The van der Waals surface area contributed by atoms with E-state index in [0.717, 1.165) is 17.0 Å². The number of nitrogens with one attached hydrogen (secondary N) is 1. The summed E-state index contributed by atoms with van der Waals surface area (Å²) in [4.78, 5) is 34.3. The number of carbonyl (C=O) groups excluding carboxylic acids is 2. The number of benzene rings is 1. The molecular weight excluding hydrogens is 398 g/mol. The standard InChI is InChI=1S/C20H20ClN3O5/c1-12-9-14(13(2)23(12)16-5-6-16)3-8-20(26)29-11-19(25)22-17-10-15(21)4-7-18(17)24(27)28/h3-4,7-10,16H,5-6,11H2,1-2H3,(H,22,25)/b8-3+. The van der Waals surface area contributed by atoms with Crippen LogP contribution in [-0.4, -0.2) is 28.0 Å². The molecule has 0 atom stereocenters. The lowest BCUT2D eigenvalue weighted by Gasteiger charge is -2.07. The van der Waals surface area contributed by atoms with Gasteiger partial charge in [0.05, 0.1) is 4.92 Å². The summed E-state index contributed by atoms with van der Waals surface area (Å²) in [5, 5.41) is 13.6. The zero-order chi connectivity index (χ0) is 21.1. The van der Waals surface area contributed by atoms with E-state index in [1.54, 1.807) is 6.08 Å². The molecule has 3 rings (SSSR count). The van der Waals surface area contributed by atoms with E-state index in [1.807, 2.05) is 19.9 Å². The highest BCUT2D eigenvalue weighted by Crippen LogP contribution is 2.38. The first-order valence-electron chi connectivity index (χ1n) is 9.03. The van der Waals surface area contributed by atoms with Crippen LogP contribution < -0.4 is 5.32 Å². The normalized spacial score (nSPS) is 13.5. The van der Waals surface area contributed by atoms with Gasteiger partial charge in [-0.3, -0.25) is 14.9 Å². The highest BCUT2D eigenvalue weighted by atomic mass is 35.5. The van der Waals surface area contributed by atoms with E-state index >= 15 is 0 Å². The molecule has 1 aromatic carbocycles. The predicted octanol–water partition coefficient (Wildman–Crippen LogP) is 4.20. The highest BCUT2D eigenvalue weighted by Gasteiger charge is 2.26. The number of nitro groups is 1. The third-order valence-corrected chi connectivity index (χ3v) is 4.84. The molecule has 9 heteroatoms. The van der Waals surface area contributed by atoms with E-state index < -0.39 is 23.4 Å². The van der Waals surface area contributed by atoms with Crippen LogP contribution in [0.15, 0.2) is 30.3 Å². The van der Waals surface area contributed by atoms with Gasteiger partial charge in [0.15, 0.2) is 6.61 Å². The number of hydrogen-bond acceptors (Lipinski definition) is 5. The molecule has 0 spiro atoms. The zero-order valence-corrected chi connectivity index (χ0v) is 16.7. The van der Waals surface area contributed by atoms with Crippen LogP contribution in [0, 0.1) is 24.0 Å². The highest BCUT2D eigenvalue weighted by molar-refractivity contribution is 6.31. The molecule has 1 fully saturated rings. The van der Waals surface area contributed by atoms with Crippen molar-refractivity contribution in [3.63, 3.8) is 0 Å². The number of rotatable bonds is 7. The summed E-state index contributed by atoms with van der Waals surface area (Å²) in [5.41, 5.74) is 2.78. The fourth-order valence-electron chi connectivity index (χ4n) is 3.16. The van der Waals surface area contributed by atoms with Gasteiger partial charge in [0.25, 0.3) is 11.6 Å². The lowest BCUT2D eigenvalue weighted by molar-refractivity contribution is -0.383. The minimum atomic E-state index is -0.705. The summed E-state index contributed by atoms with van der Waals surface area (Å²) in [6, 6.07) is 6.34. The molecule has 8 nitrogen and oxygen atoms in total. The number of halogens is 1. The van der Waals surface area contributed by atoms with Crippen molar-refractivity contribution in [3.8, 4) is 0 Å². The number of nitrogens with zero attached hydrogens (tertiary/aromatic N) is 2. The van der Waals surface area contributed by atoms with Gasteiger partial charge in [-0.1, -0.05) is 11.6 Å². The largest absolute Gasteiger partial charge is 0.452 e. The first-order valence-corrected chi connectivity index (χ1v) is 9.41. The molecule has 2 aromatic rings. The van der Waals surface area contributed by atoms with Gasteiger partial charge in [-0.15, -0.1) is 0 Å². The quantitative estimate of drug-likeness (QED) is 0.315. The van der Waals surface area contributed by atoms with E-state index in [0.29, 0.717) is 6.04 Å². The Morgan fingerprint density at radius 1 is 1.34 bits per heavy atom. The molecule has 152 valence electrons. The third kappa shape index (κ3) is 5.03. The Labute approximate surface area is 172 Å². The van der Waals surface area contributed by atoms with Crippen LogP contribution in [0.4, 0.5) is 11.4 Å². The summed E-state index contributed by atoms with van der Waals surface area (Å²) < 4.78 is 7.18. The summed E-state index contributed by atoms with van der Waals surface area (Å²) in [6.45, 7) is 3.45. The molecule has 0 saturated heterocycles. The number of ether oxygens (including phenoxy) is 1. The van der Waals surface area contributed by atoms with Crippen molar-refractivity contribution in [2.24, 2.45) is 0 Å². The van der Waals surface area contributed by atoms with Gasteiger partial charge in [0, 0.05) is 34.6 Å². The Balaban J connectivity index is 1.57. The second kappa shape index (κ2) is 8.48. The van der Waals surface area contributed by atoms with Gasteiger partial charge in [0.2, 0.25) is 0 Å². The van der Waals surface area contributed by atoms with Gasteiger partial charge in [-0.05, 0) is 56.5 Å². The van der Waals surface area contributed by atoms with Gasteiger partial charge in [-0.25, -0.2) is 4.79 Å². The minimum absolute atomic E-state index is 0.0633. The summed E-state index contributed by atoms with van der Waals surface area (Å²) in [6.07, 6.45) is 5.25. The van der Waals surface area contributed by atoms with Crippen molar-refractivity contribution in [1.82, 2.24) is 4.57 Å². The molecule has 0 radical (unpaired) electrons. The van der Waals surface area contributed by atoms with E-state index in [4.69, 9.17) is 16.3 Å². The van der Waals surface area contributed by atoms with Crippen LogP contribution in [0.5, 0.6) is 0 Å². The molecule has 0 bridgehead atoms. The zero-order valence-electron chi connectivity index (χ0n) is 16.0. The van der Waals surface area contributed by atoms with Crippen LogP contribution >= 0.6 is 11.6 Å². The fraction of sp³-hybridized carbons (Fsp3) is 0.300. The molecule has 1 aromatic heterocycles. The average molecular weight is 418 g/mol.